The number of aryl methyl sites for hydroxylation is 1. The van der Waals surface area contributed by atoms with Gasteiger partial charge in [0.05, 0.1) is 7.11 Å². The number of hydrogen-bond acceptors (Lipinski definition) is 2. The van der Waals surface area contributed by atoms with Crippen LogP contribution in [0.2, 0.25) is 0 Å². The Kier molecular flexibility index (Phi) is 4.65. The Morgan fingerprint density at radius 3 is 2.68 bits per heavy atom. The molecule has 1 fully saturated rings. The predicted molar refractivity (Wildman–Crippen MR) is 81.6 cm³/mol. The summed E-state index contributed by atoms with van der Waals surface area (Å²) in [4.78, 5) is 0. The summed E-state index contributed by atoms with van der Waals surface area (Å²) in [6.45, 7) is 7.62. The first-order valence-electron chi connectivity index (χ1n) is 7.18. The standard InChI is InChI=1S/C17H25NO/c1-12(2)15(11-18-16-6-7-16)10-14-5-8-17(19-4)13(3)9-14/h5,8-10,12,16,18H,6-7,11H2,1-4H3. The van der Waals surface area contributed by atoms with Gasteiger partial charge in [-0.2, -0.15) is 0 Å². The van der Waals surface area contributed by atoms with Crippen LogP contribution in [0.1, 0.15) is 37.8 Å². The van der Waals surface area contributed by atoms with Crippen molar-refractivity contribution in [1.82, 2.24) is 5.32 Å². The molecule has 1 N–H and O–H groups in total. The molecule has 0 aromatic heterocycles. The Bertz CT molecular complexity index is 458. The lowest BCUT2D eigenvalue weighted by Gasteiger charge is -2.13. The smallest absolute Gasteiger partial charge is 0.121 e. The minimum Gasteiger partial charge on any atom is -0.496 e. The molecule has 0 bridgehead atoms. The van der Waals surface area contributed by atoms with Crippen LogP contribution in [0.3, 0.4) is 0 Å². The topological polar surface area (TPSA) is 21.3 Å². The van der Waals surface area contributed by atoms with Gasteiger partial charge < -0.3 is 10.1 Å². The summed E-state index contributed by atoms with van der Waals surface area (Å²) in [5.74, 6) is 1.54. The third-order valence-electron chi connectivity index (χ3n) is 3.68. The molecule has 0 aliphatic heterocycles. The molecule has 1 aromatic rings. The maximum atomic E-state index is 5.31. The van der Waals surface area contributed by atoms with Gasteiger partial charge in [0.25, 0.3) is 0 Å². The molecule has 0 heterocycles. The van der Waals surface area contributed by atoms with Crippen LogP contribution in [0, 0.1) is 12.8 Å². The maximum absolute atomic E-state index is 5.31. The second-order valence-electron chi connectivity index (χ2n) is 5.76. The first kappa shape index (κ1) is 14.1. The number of nitrogens with one attached hydrogen (secondary N) is 1. The molecular formula is C17H25NO. The van der Waals surface area contributed by atoms with Crippen molar-refractivity contribution in [1.29, 1.82) is 0 Å². The van der Waals surface area contributed by atoms with Gasteiger partial charge in [-0.05, 0) is 48.9 Å². The van der Waals surface area contributed by atoms with E-state index in [4.69, 9.17) is 4.74 Å². The summed E-state index contributed by atoms with van der Waals surface area (Å²) >= 11 is 0. The minimum atomic E-state index is 0.577. The van der Waals surface area contributed by atoms with Gasteiger partial charge in [0.15, 0.2) is 0 Å². The molecule has 0 atom stereocenters. The average Bonchev–Trinajstić information content (AvgIpc) is 3.18. The number of methoxy groups -OCH3 is 1. The van der Waals surface area contributed by atoms with Gasteiger partial charge in [0.1, 0.15) is 5.75 Å². The molecule has 1 aliphatic carbocycles. The second-order valence-corrected chi connectivity index (χ2v) is 5.76. The highest BCUT2D eigenvalue weighted by Crippen LogP contribution is 2.23. The van der Waals surface area contributed by atoms with Crippen molar-refractivity contribution < 1.29 is 4.74 Å². The molecule has 1 aromatic carbocycles. The molecule has 0 saturated heterocycles. The molecule has 2 rings (SSSR count). The molecule has 19 heavy (non-hydrogen) atoms. The van der Waals surface area contributed by atoms with Crippen LogP contribution in [0.15, 0.2) is 23.8 Å². The summed E-state index contributed by atoms with van der Waals surface area (Å²) < 4.78 is 5.31. The van der Waals surface area contributed by atoms with E-state index >= 15 is 0 Å². The van der Waals surface area contributed by atoms with Crippen LogP contribution in [0.25, 0.3) is 6.08 Å². The van der Waals surface area contributed by atoms with Gasteiger partial charge in [-0.1, -0.05) is 31.6 Å². The normalized spacial score (nSPS) is 15.9. The largest absolute Gasteiger partial charge is 0.496 e. The molecule has 1 aliphatic rings. The summed E-state index contributed by atoms with van der Waals surface area (Å²) in [7, 11) is 1.72. The zero-order valence-corrected chi connectivity index (χ0v) is 12.5. The fraction of sp³-hybridized carbons (Fsp3) is 0.529. The third kappa shape index (κ3) is 4.10. The lowest BCUT2D eigenvalue weighted by Crippen LogP contribution is -2.21. The van der Waals surface area contributed by atoms with E-state index in [-0.39, 0.29) is 0 Å². The van der Waals surface area contributed by atoms with Crippen molar-refractivity contribution in [3.63, 3.8) is 0 Å². The highest BCUT2D eigenvalue weighted by Gasteiger charge is 2.20. The highest BCUT2D eigenvalue weighted by atomic mass is 16.5. The van der Waals surface area contributed by atoms with Gasteiger partial charge in [0, 0.05) is 12.6 Å². The lowest BCUT2D eigenvalue weighted by atomic mass is 9.99. The van der Waals surface area contributed by atoms with Gasteiger partial charge in [-0.25, -0.2) is 0 Å². The van der Waals surface area contributed by atoms with E-state index in [2.05, 4.69) is 44.3 Å². The molecule has 0 radical (unpaired) electrons. The van der Waals surface area contributed by atoms with Gasteiger partial charge in [-0.15, -0.1) is 0 Å². The van der Waals surface area contributed by atoms with E-state index in [1.165, 1.54) is 29.5 Å². The zero-order chi connectivity index (χ0) is 13.8. The van der Waals surface area contributed by atoms with Crippen LogP contribution < -0.4 is 10.1 Å². The van der Waals surface area contributed by atoms with Gasteiger partial charge >= 0.3 is 0 Å². The summed E-state index contributed by atoms with van der Waals surface area (Å²) in [6, 6.07) is 7.14. The summed E-state index contributed by atoms with van der Waals surface area (Å²) in [6.07, 6.45) is 4.99. The number of ether oxygens (including phenoxy) is 1. The number of rotatable bonds is 6. The third-order valence-corrected chi connectivity index (χ3v) is 3.68. The quantitative estimate of drug-likeness (QED) is 0.839. The summed E-state index contributed by atoms with van der Waals surface area (Å²) in [5, 5.41) is 3.60. The number of benzene rings is 1. The minimum absolute atomic E-state index is 0.577. The van der Waals surface area contributed by atoms with Crippen LogP contribution in [0.4, 0.5) is 0 Å². The monoisotopic (exact) mass is 259 g/mol. The van der Waals surface area contributed by atoms with Crippen molar-refractivity contribution in [2.45, 2.75) is 39.7 Å². The number of hydrogen-bond donors (Lipinski definition) is 1. The Labute approximate surface area is 116 Å². The molecule has 1 saturated carbocycles. The Morgan fingerprint density at radius 2 is 2.16 bits per heavy atom. The van der Waals surface area contributed by atoms with Crippen LogP contribution >= 0.6 is 0 Å². The van der Waals surface area contributed by atoms with E-state index in [0.29, 0.717) is 5.92 Å². The van der Waals surface area contributed by atoms with Crippen molar-refractivity contribution in [2.75, 3.05) is 13.7 Å². The van der Waals surface area contributed by atoms with Crippen LogP contribution in [-0.2, 0) is 0 Å². The fourth-order valence-corrected chi connectivity index (χ4v) is 2.18. The lowest BCUT2D eigenvalue weighted by molar-refractivity contribution is 0.411. The van der Waals surface area contributed by atoms with Gasteiger partial charge in [0.2, 0.25) is 0 Å². The van der Waals surface area contributed by atoms with E-state index in [1.54, 1.807) is 7.11 Å². The summed E-state index contributed by atoms with van der Waals surface area (Å²) in [5.41, 5.74) is 3.92. The van der Waals surface area contributed by atoms with Crippen LogP contribution in [-0.4, -0.2) is 19.7 Å². The van der Waals surface area contributed by atoms with E-state index < -0.39 is 0 Å². The van der Waals surface area contributed by atoms with Crippen LogP contribution in [0.5, 0.6) is 5.75 Å². The fourth-order valence-electron chi connectivity index (χ4n) is 2.18. The molecule has 2 nitrogen and oxygen atoms in total. The first-order valence-corrected chi connectivity index (χ1v) is 7.18. The highest BCUT2D eigenvalue weighted by molar-refractivity contribution is 5.56. The zero-order valence-electron chi connectivity index (χ0n) is 12.5. The molecular weight excluding hydrogens is 234 g/mol. The molecule has 104 valence electrons. The van der Waals surface area contributed by atoms with E-state index in [0.717, 1.165) is 18.3 Å². The van der Waals surface area contributed by atoms with E-state index in [1.807, 2.05) is 6.07 Å². The van der Waals surface area contributed by atoms with Crippen molar-refractivity contribution in [3.8, 4) is 5.75 Å². The van der Waals surface area contributed by atoms with Gasteiger partial charge in [-0.3, -0.25) is 0 Å². The Balaban J connectivity index is 2.12. The predicted octanol–water partition coefficient (Wildman–Crippen LogP) is 3.80. The maximum Gasteiger partial charge on any atom is 0.121 e. The van der Waals surface area contributed by atoms with Crippen molar-refractivity contribution >= 4 is 6.08 Å². The Hall–Kier alpha value is -1.28. The first-order chi connectivity index (χ1) is 9.10. The molecule has 0 amide bonds. The van der Waals surface area contributed by atoms with Crippen molar-refractivity contribution in [2.24, 2.45) is 5.92 Å². The molecule has 2 heteroatoms. The average molecular weight is 259 g/mol. The SMILES string of the molecule is COc1ccc(C=C(CNC2CC2)C(C)C)cc1C. The molecule has 0 unspecified atom stereocenters. The van der Waals surface area contributed by atoms with Crippen molar-refractivity contribution in [3.05, 3.63) is 34.9 Å². The Morgan fingerprint density at radius 1 is 1.42 bits per heavy atom. The van der Waals surface area contributed by atoms with E-state index in [9.17, 15) is 0 Å². The molecule has 0 spiro atoms. The second kappa shape index (κ2) is 6.25.